The predicted molar refractivity (Wildman–Crippen MR) is 79.7 cm³/mol. The van der Waals surface area contributed by atoms with Gasteiger partial charge in [0.05, 0.1) is 12.6 Å². The lowest BCUT2D eigenvalue weighted by atomic mass is 10.2. The Bertz CT molecular complexity index is 571. The maximum atomic E-state index is 5.35. The summed E-state index contributed by atoms with van der Waals surface area (Å²) >= 11 is 5.35. The SMILES string of the molecule is CC[C@H](c1n[nH]c(=S)n1Cc1ccccc1)N(C)C. The van der Waals surface area contributed by atoms with Crippen LogP contribution in [0.15, 0.2) is 30.3 Å². The number of hydrogen-bond acceptors (Lipinski definition) is 3. The van der Waals surface area contributed by atoms with Crippen LogP contribution >= 0.6 is 12.2 Å². The molecule has 0 saturated carbocycles. The van der Waals surface area contributed by atoms with Crippen molar-refractivity contribution in [2.24, 2.45) is 0 Å². The molecular formula is C14H20N4S. The van der Waals surface area contributed by atoms with Gasteiger partial charge in [-0.05, 0) is 38.3 Å². The first-order chi connectivity index (χ1) is 9.13. The fraction of sp³-hybridized carbons (Fsp3) is 0.429. The van der Waals surface area contributed by atoms with Crippen molar-refractivity contribution in [3.63, 3.8) is 0 Å². The summed E-state index contributed by atoms with van der Waals surface area (Å²) in [5.41, 5.74) is 1.23. The third-order valence-corrected chi connectivity index (χ3v) is 3.59. The van der Waals surface area contributed by atoms with E-state index in [4.69, 9.17) is 12.2 Å². The molecule has 0 fully saturated rings. The second kappa shape index (κ2) is 6.12. The highest BCUT2D eigenvalue weighted by Crippen LogP contribution is 2.20. The number of rotatable bonds is 5. The van der Waals surface area contributed by atoms with Gasteiger partial charge in [-0.1, -0.05) is 37.3 Å². The van der Waals surface area contributed by atoms with Gasteiger partial charge in [0.15, 0.2) is 4.77 Å². The van der Waals surface area contributed by atoms with E-state index in [0.717, 1.165) is 18.8 Å². The van der Waals surface area contributed by atoms with Gasteiger partial charge in [0.1, 0.15) is 5.82 Å². The Labute approximate surface area is 119 Å². The molecule has 1 aromatic carbocycles. The molecule has 1 heterocycles. The van der Waals surface area contributed by atoms with Gasteiger partial charge in [0.25, 0.3) is 0 Å². The topological polar surface area (TPSA) is 36.9 Å². The molecule has 0 unspecified atom stereocenters. The summed E-state index contributed by atoms with van der Waals surface area (Å²) < 4.78 is 2.76. The summed E-state index contributed by atoms with van der Waals surface area (Å²) in [6, 6.07) is 10.6. The fourth-order valence-electron chi connectivity index (χ4n) is 2.28. The van der Waals surface area contributed by atoms with Crippen LogP contribution in [0.3, 0.4) is 0 Å². The van der Waals surface area contributed by atoms with Crippen LogP contribution in [0, 0.1) is 4.77 Å². The van der Waals surface area contributed by atoms with Gasteiger partial charge in [-0.3, -0.25) is 14.6 Å². The van der Waals surface area contributed by atoms with Crippen LogP contribution in [-0.2, 0) is 6.54 Å². The molecular weight excluding hydrogens is 256 g/mol. The first-order valence-corrected chi connectivity index (χ1v) is 6.89. The van der Waals surface area contributed by atoms with Gasteiger partial charge < -0.3 is 0 Å². The quantitative estimate of drug-likeness (QED) is 0.853. The summed E-state index contributed by atoms with van der Waals surface area (Å²) in [6.07, 6.45) is 1.00. The summed E-state index contributed by atoms with van der Waals surface area (Å²) in [5.74, 6) is 1.00. The highest BCUT2D eigenvalue weighted by atomic mass is 32.1. The smallest absolute Gasteiger partial charge is 0.195 e. The molecule has 0 aliphatic heterocycles. The Kier molecular flexibility index (Phi) is 4.50. The van der Waals surface area contributed by atoms with E-state index < -0.39 is 0 Å². The number of nitrogens with zero attached hydrogens (tertiary/aromatic N) is 3. The van der Waals surface area contributed by atoms with Gasteiger partial charge in [-0.15, -0.1) is 0 Å². The number of H-pyrrole nitrogens is 1. The van der Waals surface area contributed by atoms with Crippen LogP contribution < -0.4 is 0 Å². The van der Waals surface area contributed by atoms with Crippen molar-refractivity contribution in [1.82, 2.24) is 19.7 Å². The van der Waals surface area contributed by atoms with Gasteiger partial charge in [0.2, 0.25) is 0 Å². The van der Waals surface area contributed by atoms with Crippen LogP contribution in [0.5, 0.6) is 0 Å². The molecule has 0 spiro atoms. The molecule has 0 aliphatic carbocycles. The number of aromatic nitrogens is 3. The highest BCUT2D eigenvalue weighted by Gasteiger charge is 2.19. The van der Waals surface area contributed by atoms with Crippen LogP contribution in [-0.4, -0.2) is 33.8 Å². The molecule has 0 radical (unpaired) electrons. The Morgan fingerprint density at radius 1 is 1.32 bits per heavy atom. The number of hydrogen-bond donors (Lipinski definition) is 1. The zero-order valence-electron chi connectivity index (χ0n) is 11.6. The van der Waals surface area contributed by atoms with Crippen molar-refractivity contribution in [3.8, 4) is 0 Å². The number of aromatic amines is 1. The van der Waals surface area contributed by atoms with Crippen molar-refractivity contribution in [2.45, 2.75) is 25.9 Å². The van der Waals surface area contributed by atoms with E-state index in [-0.39, 0.29) is 6.04 Å². The third-order valence-electron chi connectivity index (χ3n) is 3.28. The van der Waals surface area contributed by atoms with Gasteiger partial charge >= 0.3 is 0 Å². The lowest BCUT2D eigenvalue weighted by molar-refractivity contribution is 0.273. The van der Waals surface area contributed by atoms with E-state index in [1.54, 1.807) is 0 Å². The fourth-order valence-corrected chi connectivity index (χ4v) is 2.49. The zero-order chi connectivity index (χ0) is 13.8. The van der Waals surface area contributed by atoms with E-state index in [1.807, 2.05) is 18.2 Å². The Morgan fingerprint density at radius 3 is 2.58 bits per heavy atom. The average molecular weight is 276 g/mol. The Morgan fingerprint density at radius 2 is 2.00 bits per heavy atom. The monoisotopic (exact) mass is 276 g/mol. The molecule has 1 atom stereocenters. The molecule has 0 saturated heterocycles. The standard InChI is InChI=1S/C14H20N4S/c1-4-12(17(2)3)13-15-16-14(19)18(13)10-11-8-6-5-7-9-11/h5-9,12H,4,10H2,1-3H3,(H,16,19)/t12-/m1/s1. The Balaban J connectivity index is 2.35. The van der Waals surface area contributed by atoms with Crippen molar-refractivity contribution in [1.29, 1.82) is 0 Å². The molecule has 5 heteroatoms. The van der Waals surface area contributed by atoms with E-state index in [0.29, 0.717) is 4.77 Å². The van der Waals surface area contributed by atoms with Crippen LogP contribution in [0.4, 0.5) is 0 Å². The van der Waals surface area contributed by atoms with Gasteiger partial charge in [0, 0.05) is 0 Å². The normalized spacial score (nSPS) is 12.8. The zero-order valence-corrected chi connectivity index (χ0v) is 12.4. The number of benzene rings is 1. The largest absolute Gasteiger partial charge is 0.300 e. The summed E-state index contributed by atoms with van der Waals surface area (Å²) in [7, 11) is 4.14. The molecule has 0 amide bonds. The van der Waals surface area contributed by atoms with Gasteiger partial charge in [-0.2, -0.15) is 5.10 Å². The molecule has 2 rings (SSSR count). The minimum Gasteiger partial charge on any atom is -0.300 e. The van der Waals surface area contributed by atoms with Crippen molar-refractivity contribution < 1.29 is 0 Å². The number of nitrogens with one attached hydrogen (secondary N) is 1. The highest BCUT2D eigenvalue weighted by molar-refractivity contribution is 7.71. The molecule has 2 aromatic rings. The Hall–Kier alpha value is -1.46. The maximum absolute atomic E-state index is 5.35. The molecule has 19 heavy (non-hydrogen) atoms. The molecule has 4 nitrogen and oxygen atoms in total. The van der Waals surface area contributed by atoms with E-state index in [9.17, 15) is 0 Å². The molecule has 102 valence electrons. The van der Waals surface area contributed by atoms with Crippen molar-refractivity contribution in [2.75, 3.05) is 14.1 Å². The second-order valence-electron chi connectivity index (χ2n) is 4.85. The lowest BCUT2D eigenvalue weighted by Crippen LogP contribution is -2.23. The second-order valence-corrected chi connectivity index (χ2v) is 5.23. The van der Waals surface area contributed by atoms with Crippen molar-refractivity contribution >= 4 is 12.2 Å². The first-order valence-electron chi connectivity index (χ1n) is 6.49. The van der Waals surface area contributed by atoms with E-state index in [2.05, 4.69) is 52.8 Å². The average Bonchev–Trinajstić information content (AvgIpc) is 2.74. The molecule has 1 aromatic heterocycles. The summed E-state index contributed by atoms with van der Waals surface area (Å²) in [6.45, 7) is 2.92. The maximum Gasteiger partial charge on any atom is 0.195 e. The molecule has 0 bridgehead atoms. The molecule has 1 N–H and O–H groups in total. The van der Waals surface area contributed by atoms with Crippen molar-refractivity contribution in [3.05, 3.63) is 46.5 Å². The third kappa shape index (κ3) is 3.11. The molecule has 0 aliphatic rings. The van der Waals surface area contributed by atoms with E-state index in [1.165, 1.54) is 5.56 Å². The minimum absolute atomic E-state index is 0.275. The lowest BCUT2D eigenvalue weighted by Gasteiger charge is -2.22. The summed E-state index contributed by atoms with van der Waals surface area (Å²) in [5, 5.41) is 7.32. The van der Waals surface area contributed by atoms with E-state index >= 15 is 0 Å². The van der Waals surface area contributed by atoms with Crippen LogP contribution in [0.25, 0.3) is 0 Å². The summed E-state index contributed by atoms with van der Waals surface area (Å²) in [4.78, 5) is 2.17. The minimum atomic E-state index is 0.275. The predicted octanol–water partition coefficient (Wildman–Crippen LogP) is 3.00. The van der Waals surface area contributed by atoms with Crippen LogP contribution in [0.1, 0.15) is 30.8 Å². The van der Waals surface area contributed by atoms with Gasteiger partial charge in [-0.25, -0.2) is 0 Å². The van der Waals surface area contributed by atoms with Crippen LogP contribution in [0.2, 0.25) is 0 Å². The first kappa shape index (κ1) is 14.0.